The van der Waals surface area contributed by atoms with Gasteiger partial charge in [0, 0.05) is 0 Å². The summed E-state index contributed by atoms with van der Waals surface area (Å²) in [6.07, 6.45) is 0. The fourth-order valence-corrected chi connectivity index (χ4v) is 6.27. The zero-order chi connectivity index (χ0) is 16.0. The van der Waals surface area contributed by atoms with Crippen LogP contribution < -0.4 is 4.52 Å². The summed E-state index contributed by atoms with van der Waals surface area (Å²) in [5.41, 5.74) is 1.09. The Hall–Kier alpha value is -1.01. The van der Waals surface area contributed by atoms with Crippen LogP contribution in [0.15, 0.2) is 30.3 Å². The molecule has 2 rings (SSSR count). The van der Waals surface area contributed by atoms with Crippen LogP contribution in [0.4, 0.5) is 0 Å². The minimum Gasteiger partial charge on any atom is -0.405 e. The van der Waals surface area contributed by atoms with Crippen molar-refractivity contribution in [2.45, 2.75) is 0 Å². The van der Waals surface area contributed by atoms with Crippen LogP contribution in [-0.2, 0) is 12.9 Å². The predicted octanol–water partition coefficient (Wildman–Crippen LogP) is 4.76. The number of hydrogen-bond acceptors (Lipinski definition) is 9. The molecule has 1 aromatic heterocycles. The molecule has 0 unspecified atom stereocenters. The van der Waals surface area contributed by atoms with Crippen molar-refractivity contribution in [1.82, 2.24) is 4.37 Å². The number of hydrogen-bond donors (Lipinski definition) is 0. The lowest BCUT2D eigenvalue weighted by atomic mass is 10.1. The third-order valence-corrected chi connectivity index (χ3v) is 7.81. The van der Waals surface area contributed by atoms with Crippen LogP contribution in [0.1, 0.15) is 5.56 Å². The molecule has 0 saturated carbocycles. The first-order valence-corrected chi connectivity index (χ1v) is 10.9. The molecule has 10 heteroatoms. The number of nitrogens with zero attached hydrogens (tertiary/aromatic N) is 2. The van der Waals surface area contributed by atoms with E-state index in [2.05, 4.69) is 10.4 Å². The molecule has 0 radical (unpaired) electrons. The maximum absolute atomic E-state index is 12.5. The Balaban J connectivity index is 2.36. The van der Waals surface area contributed by atoms with E-state index < -0.39 is 5.77 Å². The van der Waals surface area contributed by atoms with Gasteiger partial charge in [0.15, 0.2) is 0 Å². The molecule has 0 bridgehead atoms. The average Bonchev–Trinajstić information content (AvgIpc) is 2.90. The van der Waals surface area contributed by atoms with Crippen LogP contribution in [0.3, 0.4) is 0 Å². The van der Waals surface area contributed by atoms with Crippen LogP contribution in [0.5, 0.6) is 5.88 Å². The van der Waals surface area contributed by atoms with Crippen molar-refractivity contribution in [2.75, 3.05) is 14.2 Å². The molecule has 0 aliphatic heterocycles. The van der Waals surface area contributed by atoms with E-state index in [1.807, 2.05) is 30.3 Å². The second-order valence-electron chi connectivity index (χ2n) is 3.69. The summed E-state index contributed by atoms with van der Waals surface area (Å²) < 4.78 is 31.7. The Labute approximate surface area is 140 Å². The molecule has 0 spiro atoms. The van der Waals surface area contributed by atoms with E-state index >= 15 is 0 Å². The highest BCUT2D eigenvalue weighted by molar-refractivity contribution is 8.87. The van der Waals surface area contributed by atoms with Gasteiger partial charge in [0.1, 0.15) is 35.0 Å². The molecule has 0 aliphatic carbocycles. The van der Waals surface area contributed by atoms with E-state index in [1.54, 1.807) is 0 Å². The fourth-order valence-electron chi connectivity index (χ4n) is 1.55. The molecule has 0 N–H and O–H groups in total. The van der Waals surface area contributed by atoms with E-state index in [1.165, 1.54) is 14.2 Å². The minimum absolute atomic E-state index is 0.0174. The Morgan fingerprint density at radius 3 is 2.41 bits per heavy atom. The highest BCUT2D eigenvalue weighted by Gasteiger charge is 2.32. The lowest BCUT2D eigenvalue weighted by Crippen LogP contribution is -1.90. The van der Waals surface area contributed by atoms with E-state index in [4.69, 9.17) is 12.9 Å². The maximum atomic E-state index is 12.5. The summed E-state index contributed by atoms with van der Waals surface area (Å²) in [4.78, 5) is 0.662. The van der Waals surface area contributed by atoms with Crippen molar-refractivity contribution < 1.29 is 17.5 Å². The Bertz CT molecular complexity index is 707. The second-order valence-corrected chi connectivity index (χ2v) is 11.0. The first-order valence-electron chi connectivity index (χ1n) is 5.83. The highest BCUT2D eigenvalue weighted by atomic mass is 33.1. The number of aromatic nitrogens is 1. The summed E-state index contributed by atoms with van der Waals surface area (Å²) in [5, 5.41) is 9.38. The molecule has 0 fully saturated rings. The average molecular weight is 374 g/mol. The van der Waals surface area contributed by atoms with Gasteiger partial charge >= 0.3 is 5.77 Å². The van der Waals surface area contributed by atoms with Gasteiger partial charge in [-0.15, -0.1) is 0 Å². The van der Waals surface area contributed by atoms with E-state index in [-0.39, 0.29) is 11.4 Å². The summed E-state index contributed by atoms with van der Waals surface area (Å²) in [6, 6.07) is 11.4. The van der Waals surface area contributed by atoms with Crippen molar-refractivity contribution in [3.05, 3.63) is 35.9 Å². The van der Waals surface area contributed by atoms with Gasteiger partial charge in [-0.05, 0) is 17.1 Å². The topological polar surface area (TPSA) is 81.4 Å². The van der Waals surface area contributed by atoms with E-state index in [0.717, 1.165) is 17.1 Å². The smallest absolute Gasteiger partial charge is 0.405 e. The van der Waals surface area contributed by atoms with Crippen molar-refractivity contribution >= 4 is 40.6 Å². The van der Waals surface area contributed by atoms with Crippen LogP contribution in [-0.4, -0.2) is 18.6 Å². The first kappa shape index (κ1) is 17.3. The highest BCUT2D eigenvalue weighted by Crippen LogP contribution is 2.69. The zero-order valence-corrected chi connectivity index (χ0v) is 14.9. The molecule has 6 nitrogen and oxygen atoms in total. The molecular formula is C12H11N2O4PS3. The van der Waals surface area contributed by atoms with Gasteiger partial charge in [-0.3, -0.25) is 0 Å². The van der Waals surface area contributed by atoms with Gasteiger partial charge in [-0.1, -0.05) is 30.3 Å². The van der Waals surface area contributed by atoms with Gasteiger partial charge in [0.05, 0.1) is 19.1 Å². The number of nitriles is 1. The zero-order valence-electron chi connectivity index (χ0n) is 11.6. The van der Waals surface area contributed by atoms with Gasteiger partial charge in [0.25, 0.3) is 5.88 Å². The molecule has 0 aliphatic rings. The van der Waals surface area contributed by atoms with Gasteiger partial charge in [0.2, 0.25) is 0 Å². The molecule has 116 valence electrons. The Morgan fingerprint density at radius 1 is 1.23 bits per heavy atom. The third-order valence-electron chi connectivity index (χ3n) is 2.34. The van der Waals surface area contributed by atoms with Gasteiger partial charge < -0.3 is 12.9 Å². The normalized spacial score (nSPS) is 11.1. The van der Waals surface area contributed by atoms with E-state index in [0.29, 0.717) is 28.2 Å². The largest absolute Gasteiger partial charge is 0.413 e. The van der Waals surface area contributed by atoms with Crippen molar-refractivity contribution in [3.8, 4) is 22.4 Å². The molecule has 1 aromatic carbocycles. The molecule has 0 saturated heterocycles. The van der Waals surface area contributed by atoms with Gasteiger partial charge in [-0.2, -0.15) is 9.64 Å². The fraction of sp³-hybridized carbons (Fsp3) is 0.167. The summed E-state index contributed by atoms with van der Waals surface area (Å²) >= 11 is 2.41. The lowest BCUT2D eigenvalue weighted by Gasteiger charge is -2.12. The lowest BCUT2D eigenvalue weighted by molar-refractivity contribution is 0.468. The Kier molecular flexibility index (Phi) is 6.32. The van der Waals surface area contributed by atoms with Crippen LogP contribution in [0.25, 0.3) is 10.4 Å². The number of rotatable bonds is 7. The van der Waals surface area contributed by atoms with Crippen LogP contribution >= 0.6 is 40.6 Å². The minimum atomic E-state index is -3.38. The first-order chi connectivity index (χ1) is 10.6. The van der Waals surface area contributed by atoms with Crippen molar-refractivity contribution in [2.24, 2.45) is 0 Å². The summed E-state index contributed by atoms with van der Waals surface area (Å²) in [5.74, 6) is -3.36. The molecule has 1 heterocycles. The SMILES string of the molecule is COSP(=O)(Oc1nsc(-c2ccccc2)c1C#N)SOC. The standard InChI is InChI=1S/C12H11N2O4PS3/c1-16-21-19(15,22-17-2)18-12-10(8-13)11(20-14-12)9-6-4-3-5-7-9/h3-7H,1-2H3. The quantitative estimate of drug-likeness (QED) is 0.507. The molecule has 22 heavy (non-hydrogen) atoms. The van der Waals surface area contributed by atoms with Crippen molar-refractivity contribution in [1.29, 1.82) is 5.26 Å². The summed E-state index contributed by atoms with van der Waals surface area (Å²) in [7, 11) is 2.75. The number of benzene rings is 1. The molecular weight excluding hydrogens is 363 g/mol. The summed E-state index contributed by atoms with van der Waals surface area (Å²) in [6.45, 7) is 0. The van der Waals surface area contributed by atoms with Crippen LogP contribution in [0, 0.1) is 11.3 Å². The monoisotopic (exact) mass is 374 g/mol. The predicted molar refractivity (Wildman–Crippen MR) is 89.7 cm³/mol. The van der Waals surface area contributed by atoms with Gasteiger partial charge in [-0.25, -0.2) is 4.57 Å². The molecule has 2 aromatic rings. The van der Waals surface area contributed by atoms with E-state index in [9.17, 15) is 9.83 Å². The van der Waals surface area contributed by atoms with Crippen molar-refractivity contribution in [3.63, 3.8) is 0 Å². The molecule has 0 amide bonds. The van der Waals surface area contributed by atoms with Crippen LogP contribution in [0.2, 0.25) is 0 Å². The Morgan fingerprint density at radius 2 is 1.86 bits per heavy atom. The molecule has 0 atom stereocenters. The third kappa shape index (κ3) is 4.04. The second kappa shape index (κ2) is 8.02. The maximum Gasteiger partial charge on any atom is 0.413 e.